The van der Waals surface area contributed by atoms with Crippen LogP contribution in [0.5, 0.6) is 5.75 Å². The van der Waals surface area contributed by atoms with Crippen LogP contribution in [0.1, 0.15) is 61.1 Å². The molecule has 0 bridgehead atoms. The van der Waals surface area contributed by atoms with Crippen molar-refractivity contribution in [3.8, 4) is 5.75 Å². The van der Waals surface area contributed by atoms with Gasteiger partial charge in [-0.15, -0.1) is 0 Å². The molecule has 0 spiro atoms. The molecule has 0 N–H and O–H groups in total. The van der Waals surface area contributed by atoms with Gasteiger partial charge in [-0.05, 0) is 64.3 Å². The van der Waals surface area contributed by atoms with Crippen molar-refractivity contribution in [2.24, 2.45) is 0 Å². The van der Waals surface area contributed by atoms with Crippen LogP contribution in [0.2, 0.25) is 0 Å². The minimum absolute atomic E-state index is 0. The van der Waals surface area contributed by atoms with E-state index in [0.717, 1.165) is 40.8 Å². The van der Waals surface area contributed by atoms with Gasteiger partial charge in [-0.3, -0.25) is 4.79 Å². The summed E-state index contributed by atoms with van der Waals surface area (Å²) in [5.74, 6) is 0.889. The van der Waals surface area contributed by atoms with Crippen LogP contribution in [0, 0.1) is 20.8 Å². The van der Waals surface area contributed by atoms with Gasteiger partial charge < -0.3 is 6.16 Å². The molecule has 2 aromatic rings. The molecule has 0 aliphatic carbocycles. The molecule has 0 amide bonds. The Hall–Kier alpha value is -1.06. The molecule has 2 aromatic carbocycles. The Kier molecular flexibility index (Phi) is 10.3. The Morgan fingerprint density at radius 3 is 2.19 bits per heavy atom. The van der Waals surface area contributed by atoms with E-state index in [9.17, 15) is 4.79 Å². The molecule has 4 heteroatoms. The number of ether oxygens (including phenoxy) is 1. The standard InChI is InChI=1S/C22H29O2P.Li.H/c1-5-6-7-8-13-24-19-9-11-20(12-10-19)25-22(23)21-17(3)14-16(2)15-18(21)4;;/h9-12,14-15,25H,5-8,13H2,1-4H3;;/q;+1;-1. The zero-order valence-corrected chi connectivity index (χ0v) is 17.8. The van der Waals surface area contributed by atoms with E-state index < -0.39 is 0 Å². The van der Waals surface area contributed by atoms with E-state index in [1.165, 1.54) is 24.8 Å². The normalized spacial score (nSPS) is 10.8. The van der Waals surface area contributed by atoms with Crippen molar-refractivity contribution >= 4 is 19.4 Å². The van der Waals surface area contributed by atoms with Crippen LogP contribution in [0.25, 0.3) is 0 Å². The third-order valence-electron chi connectivity index (χ3n) is 4.28. The fourth-order valence-corrected chi connectivity index (χ4v) is 4.20. The fraction of sp³-hybridized carbons (Fsp3) is 0.409. The van der Waals surface area contributed by atoms with Crippen molar-refractivity contribution in [1.82, 2.24) is 0 Å². The van der Waals surface area contributed by atoms with Crippen molar-refractivity contribution in [1.29, 1.82) is 0 Å². The first-order valence-electron chi connectivity index (χ1n) is 9.13. The average molecular weight is 364 g/mol. The Balaban J connectivity index is 0.00000338. The monoisotopic (exact) mass is 364 g/mol. The topological polar surface area (TPSA) is 26.3 Å². The Morgan fingerprint density at radius 2 is 1.62 bits per heavy atom. The van der Waals surface area contributed by atoms with Crippen LogP contribution in [-0.2, 0) is 0 Å². The summed E-state index contributed by atoms with van der Waals surface area (Å²) in [6.07, 6.45) is 4.83. The predicted molar refractivity (Wildman–Crippen MR) is 110 cm³/mol. The number of hydrogen-bond acceptors (Lipinski definition) is 2. The number of benzene rings is 2. The smallest absolute Gasteiger partial charge is 1.00 e. The molecular weight excluding hydrogens is 334 g/mol. The number of unbranched alkanes of at least 4 members (excludes halogenated alkanes) is 3. The molecule has 1 atom stereocenters. The second-order valence-corrected chi connectivity index (χ2v) is 7.94. The molecule has 2 rings (SSSR count). The number of carbonyl (C=O) groups excluding carboxylic acids is 1. The molecule has 26 heavy (non-hydrogen) atoms. The molecule has 0 aromatic heterocycles. The van der Waals surface area contributed by atoms with Crippen LogP contribution < -0.4 is 28.9 Å². The maximum atomic E-state index is 12.7. The molecule has 0 aliphatic heterocycles. The van der Waals surface area contributed by atoms with E-state index >= 15 is 0 Å². The van der Waals surface area contributed by atoms with Gasteiger partial charge in [-0.1, -0.05) is 56.0 Å². The Bertz CT molecular complexity index is 694. The SMILES string of the molecule is CCCCCCOc1ccc(PC(=O)c2c(C)cc(C)cc2C)cc1.[H-].[Li+]. The average Bonchev–Trinajstić information content (AvgIpc) is 2.55. The largest absolute Gasteiger partial charge is 1.00 e. The van der Waals surface area contributed by atoms with Gasteiger partial charge >= 0.3 is 18.9 Å². The van der Waals surface area contributed by atoms with E-state index in [0.29, 0.717) is 0 Å². The van der Waals surface area contributed by atoms with E-state index in [1.807, 2.05) is 38.1 Å². The Labute approximate surface area is 173 Å². The van der Waals surface area contributed by atoms with Gasteiger partial charge in [0.15, 0.2) is 5.52 Å². The van der Waals surface area contributed by atoms with Gasteiger partial charge in [0.05, 0.1) is 6.61 Å². The predicted octanol–water partition coefficient (Wildman–Crippen LogP) is 2.83. The van der Waals surface area contributed by atoms with E-state index in [-0.39, 0.29) is 34.4 Å². The van der Waals surface area contributed by atoms with Crippen molar-refractivity contribution in [3.63, 3.8) is 0 Å². The fourth-order valence-electron chi connectivity index (χ4n) is 3.09. The van der Waals surface area contributed by atoms with Crippen molar-refractivity contribution in [2.45, 2.75) is 53.4 Å². The summed E-state index contributed by atoms with van der Waals surface area (Å²) >= 11 is 0. The van der Waals surface area contributed by atoms with Gasteiger partial charge in [0.1, 0.15) is 5.75 Å². The zero-order chi connectivity index (χ0) is 18.2. The van der Waals surface area contributed by atoms with Gasteiger partial charge in [0, 0.05) is 5.56 Å². The second kappa shape index (κ2) is 11.6. The van der Waals surface area contributed by atoms with E-state index in [4.69, 9.17) is 4.74 Å². The van der Waals surface area contributed by atoms with Gasteiger partial charge in [0.25, 0.3) is 0 Å². The zero-order valence-electron chi connectivity index (χ0n) is 17.8. The van der Waals surface area contributed by atoms with E-state index in [1.54, 1.807) is 0 Å². The summed E-state index contributed by atoms with van der Waals surface area (Å²) in [5, 5.41) is 1.06. The maximum Gasteiger partial charge on any atom is 1.00 e. The molecule has 0 saturated heterocycles. The molecule has 0 heterocycles. The minimum Gasteiger partial charge on any atom is -1.00 e. The molecule has 0 fully saturated rings. The third kappa shape index (κ3) is 6.92. The van der Waals surface area contributed by atoms with Crippen molar-refractivity contribution in [3.05, 3.63) is 58.7 Å². The number of aryl methyl sites for hydroxylation is 3. The summed E-state index contributed by atoms with van der Waals surface area (Å²) in [7, 11) is 0.149. The molecule has 1 unspecified atom stereocenters. The van der Waals surface area contributed by atoms with Crippen molar-refractivity contribution < 1.29 is 29.8 Å². The molecule has 2 nitrogen and oxygen atoms in total. The van der Waals surface area contributed by atoms with E-state index in [2.05, 4.69) is 26.0 Å². The summed E-state index contributed by atoms with van der Waals surface area (Å²) < 4.78 is 5.77. The number of carbonyl (C=O) groups is 1. The summed E-state index contributed by atoms with van der Waals surface area (Å²) in [6.45, 7) is 9.08. The van der Waals surface area contributed by atoms with Gasteiger partial charge in [0.2, 0.25) is 0 Å². The van der Waals surface area contributed by atoms with Crippen LogP contribution in [0.4, 0.5) is 0 Å². The second-order valence-electron chi connectivity index (χ2n) is 6.66. The van der Waals surface area contributed by atoms with Gasteiger partial charge in [-0.25, -0.2) is 0 Å². The third-order valence-corrected chi connectivity index (χ3v) is 5.38. The maximum absolute atomic E-state index is 12.7. The first kappa shape index (κ1) is 23.0. The molecule has 136 valence electrons. The minimum atomic E-state index is 0. The number of rotatable bonds is 9. The molecular formula is C22H30LiO2P. The molecule has 0 aliphatic rings. The molecule has 0 saturated carbocycles. The quantitative estimate of drug-likeness (QED) is 0.389. The summed E-state index contributed by atoms with van der Waals surface area (Å²) in [4.78, 5) is 12.7. The first-order valence-corrected chi connectivity index (χ1v) is 10.1. The number of hydrogen-bond donors (Lipinski definition) is 0. The van der Waals surface area contributed by atoms with Gasteiger partial charge in [-0.2, -0.15) is 0 Å². The molecule has 0 radical (unpaired) electrons. The van der Waals surface area contributed by atoms with Crippen LogP contribution in [0.3, 0.4) is 0 Å². The van der Waals surface area contributed by atoms with Crippen LogP contribution in [0.15, 0.2) is 36.4 Å². The first-order chi connectivity index (χ1) is 12.0. The van der Waals surface area contributed by atoms with Crippen LogP contribution in [-0.4, -0.2) is 12.1 Å². The summed E-state index contributed by atoms with van der Waals surface area (Å²) in [5.41, 5.74) is 4.43. The van der Waals surface area contributed by atoms with Crippen LogP contribution >= 0.6 is 8.58 Å². The Morgan fingerprint density at radius 1 is 1.00 bits per heavy atom. The van der Waals surface area contributed by atoms with Crippen molar-refractivity contribution in [2.75, 3.05) is 6.61 Å². The summed E-state index contributed by atoms with van der Waals surface area (Å²) in [6, 6.07) is 12.1.